The van der Waals surface area contributed by atoms with Crippen molar-refractivity contribution in [3.05, 3.63) is 72.4 Å². The number of amides is 3. The summed E-state index contributed by atoms with van der Waals surface area (Å²) < 4.78 is 14.1. The molecule has 0 atom stereocenters. The van der Waals surface area contributed by atoms with Crippen molar-refractivity contribution < 1.29 is 14.3 Å². The molecule has 6 rings (SSSR count). The second kappa shape index (κ2) is 8.16. The third-order valence-corrected chi connectivity index (χ3v) is 6.19. The number of ether oxygens (including phenoxy) is 1. The van der Waals surface area contributed by atoms with E-state index in [-0.39, 0.29) is 18.5 Å². The molecular weight excluding hydrogens is 452 g/mol. The van der Waals surface area contributed by atoms with Gasteiger partial charge in [0.25, 0.3) is 5.91 Å². The first-order chi connectivity index (χ1) is 16.6. The summed E-state index contributed by atoms with van der Waals surface area (Å²) in [6.45, 7) is 0.316. The summed E-state index contributed by atoms with van der Waals surface area (Å²) >= 11 is 1.16. The lowest BCUT2D eigenvalue weighted by Gasteiger charge is -2.29. The maximum atomic E-state index is 12.6. The lowest BCUT2D eigenvalue weighted by molar-refractivity contribution is -0.121. The van der Waals surface area contributed by atoms with Crippen LogP contribution in [-0.2, 0) is 11.3 Å². The minimum atomic E-state index is -0.375. The summed E-state index contributed by atoms with van der Waals surface area (Å²) in [5.74, 6) is 0.392. The van der Waals surface area contributed by atoms with Crippen molar-refractivity contribution >= 4 is 62.7 Å². The second-order valence-electron chi connectivity index (χ2n) is 7.90. The van der Waals surface area contributed by atoms with E-state index in [0.29, 0.717) is 29.4 Å². The van der Waals surface area contributed by atoms with E-state index in [1.165, 1.54) is 0 Å². The zero-order valence-corrected chi connectivity index (χ0v) is 18.6. The van der Waals surface area contributed by atoms with Crippen molar-refractivity contribution in [2.45, 2.75) is 6.54 Å². The Morgan fingerprint density at radius 1 is 1.00 bits per heavy atom. The number of fused-ring (bicyclic) bond motifs is 3. The maximum absolute atomic E-state index is 12.6. The first-order valence-corrected chi connectivity index (χ1v) is 11.3. The van der Waals surface area contributed by atoms with Gasteiger partial charge in [0.2, 0.25) is 0 Å². The Morgan fingerprint density at radius 2 is 1.82 bits per heavy atom. The average molecular weight is 471 g/mol. The van der Waals surface area contributed by atoms with E-state index in [2.05, 4.69) is 24.4 Å². The van der Waals surface area contributed by atoms with Gasteiger partial charge in [-0.3, -0.25) is 4.79 Å². The summed E-state index contributed by atoms with van der Waals surface area (Å²) in [6.07, 6.45) is 1.85. The van der Waals surface area contributed by atoms with Crippen molar-refractivity contribution in [2.75, 3.05) is 22.1 Å². The Hall–Kier alpha value is -4.44. The molecule has 168 valence electrons. The highest BCUT2D eigenvalue weighted by atomic mass is 32.1. The maximum Gasteiger partial charge on any atom is 0.323 e. The molecule has 2 aromatic heterocycles. The second-order valence-corrected chi connectivity index (χ2v) is 8.43. The van der Waals surface area contributed by atoms with Crippen LogP contribution in [-0.4, -0.2) is 32.3 Å². The lowest BCUT2D eigenvalue weighted by atomic mass is 10.1. The number of aromatic nitrogens is 3. The van der Waals surface area contributed by atoms with Crippen LogP contribution < -0.4 is 20.3 Å². The van der Waals surface area contributed by atoms with Gasteiger partial charge in [0.15, 0.2) is 6.61 Å². The van der Waals surface area contributed by atoms with Crippen molar-refractivity contribution in [3.63, 3.8) is 0 Å². The summed E-state index contributed by atoms with van der Waals surface area (Å²) in [5, 5.41) is 6.71. The van der Waals surface area contributed by atoms with Gasteiger partial charge in [0.05, 0.1) is 24.0 Å². The number of carbonyl (C=O) groups excluding carboxylic acids is 2. The number of H-pyrrole nitrogens is 1. The molecule has 0 saturated carbocycles. The summed E-state index contributed by atoms with van der Waals surface area (Å²) in [6, 6.07) is 18.3. The number of urea groups is 1. The number of carbonyl (C=O) groups is 2. The largest absolute Gasteiger partial charge is 0.481 e. The molecule has 10 heteroatoms. The van der Waals surface area contributed by atoms with Crippen LogP contribution >= 0.6 is 11.7 Å². The van der Waals surface area contributed by atoms with Crippen molar-refractivity contribution in [2.24, 2.45) is 0 Å². The molecule has 0 bridgehead atoms. The third-order valence-electron chi connectivity index (χ3n) is 5.63. The fraction of sp³-hybridized carbons (Fsp3) is 0.0833. The third kappa shape index (κ3) is 3.80. The Balaban J connectivity index is 1.19. The monoisotopic (exact) mass is 470 g/mol. The van der Waals surface area contributed by atoms with Gasteiger partial charge in [-0.15, -0.1) is 0 Å². The molecule has 0 spiro atoms. The number of nitrogens with one attached hydrogen (secondary N) is 3. The van der Waals surface area contributed by atoms with Crippen LogP contribution in [0.15, 0.2) is 66.9 Å². The number of anilines is 3. The lowest BCUT2D eigenvalue weighted by Crippen LogP contribution is -2.38. The van der Waals surface area contributed by atoms with Gasteiger partial charge < -0.3 is 25.3 Å². The molecule has 3 N–H and O–H groups in total. The van der Waals surface area contributed by atoms with E-state index in [1.54, 1.807) is 23.1 Å². The number of aromatic amines is 1. The van der Waals surface area contributed by atoms with E-state index >= 15 is 0 Å². The molecule has 0 unspecified atom stereocenters. The predicted molar refractivity (Wildman–Crippen MR) is 131 cm³/mol. The van der Waals surface area contributed by atoms with Gasteiger partial charge in [-0.1, -0.05) is 12.1 Å². The van der Waals surface area contributed by atoms with Crippen molar-refractivity contribution in [1.29, 1.82) is 0 Å². The predicted octanol–water partition coefficient (Wildman–Crippen LogP) is 4.74. The molecule has 3 heterocycles. The van der Waals surface area contributed by atoms with Crippen LogP contribution in [0, 0.1) is 0 Å². The number of rotatable bonds is 4. The van der Waals surface area contributed by atoms with Gasteiger partial charge in [-0.05, 0) is 53.4 Å². The summed E-state index contributed by atoms with van der Waals surface area (Å²) in [4.78, 5) is 29.9. The van der Waals surface area contributed by atoms with Crippen LogP contribution in [0.2, 0.25) is 0 Å². The number of benzene rings is 3. The van der Waals surface area contributed by atoms with Crippen LogP contribution in [0.5, 0.6) is 5.75 Å². The molecule has 3 amide bonds. The fourth-order valence-electron chi connectivity index (χ4n) is 3.98. The Bertz CT molecular complexity index is 1560. The molecule has 5 aromatic rings. The molecule has 9 nitrogen and oxygen atoms in total. The van der Waals surface area contributed by atoms with Gasteiger partial charge in [-0.25, -0.2) is 4.79 Å². The topological polar surface area (TPSA) is 112 Å². The van der Waals surface area contributed by atoms with Gasteiger partial charge in [-0.2, -0.15) is 8.75 Å². The van der Waals surface area contributed by atoms with E-state index in [0.717, 1.165) is 39.2 Å². The number of nitrogens with zero attached hydrogens (tertiary/aromatic N) is 3. The zero-order valence-electron chi connectivity index (χ0n) is 17.7. The Morgan fingerprint density at radius 3 is 2.74 bits per heavy atom. The molecule has 34 heavy (non-hydrogen) atoms. The molecule has 0 aliphatic carbocycles. The van der Waals surface area contributed by atoms with Crippen LogP contribution in [0.4, 0.5) is 21.9 Å². The van der Waals surface area contributed by atoms with Crippen molar-refractivity contribution in [1.82, 2.24) is 13.7 Å². The number of hydrogen-bond donors (Lipinski definition) is 3. The van der Waals surface area contributed by atoms with Gasteiger partial charge >= 0.3 is 6.03 Å². The Labute approximate surface area is 197 Å². The molecule has 0 saturated heterocycles. The van der Waals surface area contributed by atoms with E-state index in [9.17, 15) is 9.59 Å². The van der Waals surface area contributed by atoms with Gasteiger partial charge in [0, 0.05) is 29.2 Å². The zero-order chi connectivity index (χ0) is 23.1. The molecule has 1 aliphatic heterocycles. The quantitative estimate of drug-likeness (QED) is 0.351. The van der Waals surface area contributed by atoms with Crippen LogP contribution in [0.1, 0.15) is 5.56 Å². The van der Waals surface area contributed by atoms with E-state index in [1.807, 2.05) is 48.7 Å². The Kier molecular flexibility index (Phi) is 4.84. The first-order valence-electron chi connectivity index (χ1n) is 10.6. The molecule has 1 aliphatic rings. The SMILES string of the molecule is O=C(Nc1ccc2c(c1)OCC(=O)N2Cc1ccc2nsnc2c1)Nc1ccc2cc[nH]c2c1. The normalized spacial score (nSPS) is 13.1. The van der Waals surface area contributed by atoms with Gasteiger partial charge in [0.1, 0.15) is 16.8 Å². The summed E-state index contributed by atoms with van der Waals surface area (Å²) in [5.41, 5.74) is 5.41. The van der Waals surface area contributed by atoms with Crippen LogP contribution in [0.3, 0.4) is 0 Å². The minimum absolute atomic E-state index is 0.0701. The standard InChI is InChI=1S/C24H18N6O3S/c31-23-13-33-22-11-17(27-24(32)26-16-3-2-15-7-8-25-19(15)10-16)4-6-21(22)30(23)12-14-1-5-18-20(9-14)29-34-28-18/h1-11,25H,12-13H2,(H2,26,27,32). The average Bonchev–Trinajstić information content (AvgIpc) is 3.49. The first kappa shape index (κ1) is 20.2. The highest BCUT2D eigenvalue weighted by Crippen LogP contribution is 2.35. The van der Waals surface area contributed by atoms with Crippen LogP contribution in [0.25, 0.3) is 21.9 Å². The van der Waals surface area contributed by atoms with E-state index < -0.39 is 0 Å². The van der Waals surface area contributed by atoms with E-state index in [4.69, 9.17) is 4.74 Å². The smallest absolute Gasteiger partial charge is 0.323 e. The molecular formula is C24H18N6O3S. The highest BCUT2D eigenvalue weighted by Gasteiger charge is 2.26. The molecule has 3 aromatic carbocycles. The van der Waals surface area contributed by atoms with Crippen molar-refractivity contribution in [3.8, 4) is 5.75 Å². The highest BCUT2D eigenvalue weighted by molar-refractivity contribution is 7.00. The fourth-order valence-corrected chi connectivity index (χ4v) is 4.50. The summed E-state index contributed by atoms with van der Waals surface area (Å²) in [7, 11) is 0. The number of hydrogen-bond acceptors (Lipinski definition) is 6. The minimum Gasteiger partial charge on any atom is -0.481 e. The molecule has 0 radical (unpaired) electrons. The molecule has 0 fully saturated rings.